The van der Waals surface area contributed by atoms with Crippen LogP contribution in [0.3, 0.4) is 0 Å². The second-order valence-corrected chi connectivity index (χ2v) is 3.26. The van der Waals surface area contributed by atoms with Crippen LogP contribution in [0.1, 0.15) is 6.42 Å². The number of hydrogen-bond donors (Lipinski definition) is 3. The third-order valence-corrected chi connectivity index (χ3v) is 2.17. The molecule has 0 spiro atoms. The molecule has 0 bridgehead atoms. The fourth-order valence-corrected chi connectivity index (χ4v) is 1.50. The van der Waals surface area contributed by atoms with Crippen molar-refractivity contribution in [1.29, 1.82) is 0 Å². The van der Waals surface area contributed by atoms with E-state index in [1.54, 1.807) is 0 Å². The minimum Gasteiger partial charge on any atom is -0.480 e. The van der Waals surface area contributed by atoms with E-state index in [1.165, 1.54) is 0 Å². The average Bonchev–Trinajstić information content (AvgIpc) is 2.57. The molecule has 1 saturated heterocycles. The van der Waals surface area contributed by atoms with Gasteiger partial charge in [-0.1, -0.05) is 5.92 Å². The van der Waals surface area contributed by atoms with Gasteiger partial charge in [0.25, 0.3) is 0 Å². The highest BCUT2D eigenvalue weighted by atomic mass is 16.4. The molecule has 2 atom stereocenters. The van der Waals surface area contributed by atoms with Gasteiger partial charge in [-0.3, -0.25) is 0 Å². The molecule has 0 radical (unpaired) electrons. The van der Waals surface area contributed by atoms with E-state index in [4.69, 9.17) is 11.5 Å². The molecule has 15 heavy (non-hydrogen) atoms. The highest BCUT2D eigenvalue weighted by molar-refractivity contribution is 5.83. The van der Waals surface area contributed by atoms with Crippen LogP contribution in [0.5, 0.6) is 0 Å². The predicted octanol–water partition coefficient (Wildman–Crippen LogP) is -1.15. The number of aliphatic hydroxyl groups excluding tert-OH is 1. The van der Waals surface area contributed by atoms with Crippen molar-refractivity contribution in [3.8, 4) is 12.3 Å². The van der Waals surface area contributed by atoms with Crippen molar-refractivity contribution in [2.24, 2.45) is 0 Å². The monoisotopic (exact) mass is 212 g/mol. The van der Waals surface area contributed by atoms with Gasteiger partial charge in [-0.05, 0) is 0 Å². The fraction of sp³-hybridized carbons (Fsp3) is 0.556. The Kier molecular flexibility index (Phi) is 3.52. The van der Waals surface area contributed by atoms with Crippen molar-refractivity contribution in [1.82, 2.24) is 10.2 Å². The number of hydrogen-bond acceptors (Lipinski definition) is 3. The first kappa shape index (κ1) is 11.3. The van der Waals surface area contributed by atoms with Crippen LogP contribution in [0.15, 0.2) is 0 Å². The number of carboxylic acids is 1. The SMILES string of the molecule is C#CCNC(=O)N1C[C@H](O)C[C@H]1C(=O)O. The molecule has 0 saturated carbocycles. The van der Waals surface area contributed by atoms with E-state index in [0.29, 0.717) is 0 Å². The van der Waals surface area contributed by atoms with E-state index in [2.05, 4.69) is 11.2 Å². The van der Waals surface area contributed by atoms with Crippen molar-refractivity contribution in [3.05, 3.63) is 0 Å². The van der Waals surface area contributed by atoms with E-state index in [1.807, 2.05) is 0 Å². The Morgan fingerprint density at radius 1 is 1.60 bits per heavy atom. The minimum atomic E-state index is -1.12. The fourth-order valence-electron chi connectivity index (χ4n) is 1.50. The topological polar surface area (TPSA) is 89.9 Å². The summed E-state index contributed by atoms with van der Waals surface area (Å²) in [6, 6.07) is -1.53. The van der Waals surface area contributed by atoms with E-state index < -0.39 is 24.1 Å². The van der Waals surface area contributed by atoms with E-state index in [0.717, 1.165) is 4.90 Å². The smallest absolute Gasteiger partial charge is 0.326 e. The molecular weight excluding hydrogens is 200 g/mol. The van der Waals surface area contributed by atoms with Crippen LogP contribution in [-0.2, 0) is 4.79 Å². The molecule has 1 heterocycles. The van der Waals surface area contributed by atoms with E-state index in [9.17, 15) is 14.7 Å². The Labute approximate surface area is 86.9 Å². The van der Waals surface area contributed by atoms with Crippen molar-refractivity contribution in [3.63, 3.8) is 0 Å². The lowest BCUT2D eigenvalue weighted by Crippen LogP contribution is -2.46. The van der Waals surface area contributed by atoms with Crippen molar-refractivity contribution < 1.29 is 19.8 Å². The second-order valence-electron chi connectivity index (χ2n) is 3.26. The number of aliphatic carboxylic acids is 1. The highest BCUT2D eigenvalue weighted by Gasteiger charge is 2.38. The molecule has 6 heteroatoms. The van der Waals surface area contributed by atoms with Gasteiger partial charge in [0.1, 0.15) is 6.04 Å². The van der Waals surface area contributed by atoms with Gasteiger partial charge >= 0.3 is 12.0 Å². The number of urea groups is 1. The number of carbonyl (C=O) groups is 2. The zero-order chi connectivity index (χ0) is 11.4. The van der Waals surface area contributed by atoms with Crippen LogP contribution in [0.25, 0.3) is 0 Å². The number of carboxylic acid groups (broad SMARTS) is 1. The van der Waals surface area contributed by atoms with Crippen molar-refractivity contribution in [2.75, 3.05) is 13.1 Å². The predicted molar refractivity (Wildman–Crippen MR) is 51.0 cm³/mol. The summed E-state index contributed by atoms with van der Waals surface area (Å²) in [6.45, 7) is 0.0607. The molecule has 0 unspecified atom stereocenters. The maximum atomic E-state index is 11.4. The van der Waals surface area contributed by atoms with Gasteiger partial charge in [0.05, 0.1) is 12.6 Å². The van der Waals surface area contributed by atoms with Gasteiger partial charge in [-0.15, -0.1) is 6.42 Å². The number of rotatable bonds is 2. The van der Waals surface area contributed by atoms with Crippen molar-refractivity contribution in [2.45, 2.75) is 18.6 Å². The summed E-state index contributed by atoms with van der Waals surface area (Å²) in [7, 11) is 0. The number of amides is 2. The van der Waals surface area contributed by atoms with Crippen LogP contribution < -0.4 is 5.32 Å². The summed E-state index contributed by atoms with van der Waals surface area (Å²) in [6.07, 6.45) is 4.21. The minimum absolute atomic E-state index is 0.0212. The standard InChI is InChI=1S/C9H12N2O4/c1-2-3-10-9(15)11-5-6(12)4-7(11)8(13)14/h1,6-7,12H,3-5H2,(H,10,15)(H,13,14)/t6-,7+/m1/s1. The van der Waals surface area contributed by atoms with Gasteiger partial charge < -0.3 is 20.4 Å². The Morgan fingerprint density at radius 2 is 2.27 bits per heavy atom. The number of nitrogens with one attached hydrogen (secondary N) is 1. The van der Waals surface area contributed by atoms with Gasteiger partial charge in [0.2, 0.25) is 0 Å². The van der Waals surface area contributed by atoms with Gasteiger partial charge in [0, 0.05) is 13.0 Å². The first-order chi connectivity index (χ1) is 7.06. The van der Waals surface area contributed by atoms with Crippen LogP contribution in [-0.4, -0.2) is 52.3 Å². The number of likely N-dealkylation sites (tertiary alicyclic amines) is 1. The van der Waals surface area contributed by atoms with E-state index in [-0.39, 0.29) is 19.5 Å². The first-order valence-electron chi connectivity index (χ1n) is 4.45. The van der Waals surface area contributed by atoms with Gasteiger partial charge in [-0.25, -0.2) is 9.59 Å². The van der Waals surface area contributed by atoms with Gasteiger partial charge in [0.15, 0.2) is 0 Å². The molecule has 0 aromatic carbocycles. The molecule has 0 aromatic heterocycles. The Balaban J connectivity index is 2.63. The van der Waals surface area contributed by atoms with Crippen LogP contribution in [0.2, 0.25) is 0 Å². The number of terminal acetylenes is 1. The molecule has 3 N–H and O–H groups in total. The molecule has 6 nitrogen and oxygen atoms in total. The summed E-state index contributed by atoms with van der Waals surface area (Å²) < 4.78 is 0. The lowest BCUT2D eigenvalue weighted by atomic mass is 10.2. The summed E-state index contributed by atoms with van der Waals surface area (Å²) >= 11 is 0. The summed E-state index contributed by atoms with van der Waals surface area (Å²) in [5, 5.41) is 20.4. The molecule has 1 aliphatic rings. The van der Waals surface area contributed by atoms with Gasteiger partial charge in [-0.2, -0.15) is 0 Å². The first-order valence-corrected chi connectivity index (χ1v) is 4.45. The molecule has 0 aliphatic carbocycles. The Hall–Kier alpha value is -1.74. The maximum Gasteiger partial charge on any atom is 0.326 e. The molecule has 1 rings (SSSR count). The normalized spacial score (nSPS) is 24.7. The quantitative estimate of drug-likeness (QED) is 0.504. The molecule has 2 amide bonds. The highest BCUT2D eigenvalue weighted by Crippen LogP contribution is 2.17. The lowest BCUT2D eigenvalue weighted by molar-refractivity contribution is -0.141. The molecule has 1 fully saturated rings. The largest absolute Gasteiger partial charge is 0.480 e. The molecule has 1 aliphatic heterocycles. The summed E-state index contributed by atoms with van der Waals surface area (Å²) in [5.41, 5.74) is 0. The third kappa shape index (κ3) is 2.60. The zero-order valence-corrected chi connectivity index (χ0v) is 8.01. The Bertz CT molecular complexity index is 310. The third-order valence-electron chi connectivity index (χ3n) is 2.17. The number of carbonyl (C=O) groups excluding carboxylic acids is 1. The summed E-state index contributed by atoms with van der Waals surface area (Å²) in [4.78, 5) is 23.2. The second kappa shape index (κ2) is 4.66. The van der Waals surface area contributed by atoms with Crippen LogP contribution in [0.4, 0.5) is 4.79 Å². The molecular formula is C9H12N2O4. The number of aliphatic hydroxyl groups is 1. The maximum absolute atomic E-state index is 11.4. The van der Waals surface area contributed by atoms with Crippen LogP contribution in [0, 0.1) is 12.3 Å². The summed E-state index contributed by atoms with van der Waals surface area (Å²) in [5.74, 6) is 1.09. The molecule has 82 valence electrons. The zero-order valence-electron chi connectivity index (χ0n) is 8.01. The average molecular weight is 212 g/mol. The van der Waals surface area contributed by atoms with Crippen LogP contribution >= 0.6 is 0 Å². The van der Waals surface area contributed by atoms with E-state index >= 15 is 0 Å². The number of nitrogens with zero attached hydrogens (tertiary/aromatic N) is 1. The van der Waals surface area contributed by atoms with Crippen molar-refractivity contribution >= 4 is 12.0 Å². The Morgan fingerprint density at radius 3 is 2.80 bits per heavy atom. The lowest BCUT2D eigenvalue weighted by Gasteiger charge is -2.20. The number of β-amino-alcohol motifs (C(OH)–C–C–N with tert-alkyl or cyclic N) is 1. The molecule has 0 aromatic rings.